The van der Waals surface area contributed by atoms with Crippen LogP contribution in [0.5, 0.6) is 0 Å². The van der Waals surface area contributed by atoms with Crippen LogP contribution in [0.4, 0.5) is 0 Å². The maximum Gasteiger partial charge on any atom is 0.0194 e. The van der Waals surface area contributed by atoms with Gasteiger partial charge in [-0.3, -0.25) is 4.90 Å². The third-order valence-electron chi connectivity index (χ3n) is 5.54. The Morgan fingerprint density at radius 2 is 2.00 bits per heavy atom. The first kappa shape index (κ1) is 16.3. The summed E-state index contributed by atoms with van der Waals surface area (Å²) in [4.78, 5) is 5.24. The molecule has 1 heterocycles. The second kappa shape index (κ2) is 6.76. The van der Waals surface area contributed by atoms with Gasteiger partial charge in [0.2, 0.25) is 0 Å². The van der Waals surface area contributed by atoms with E-state index in [4.69, 9.17) is 0 Å². The Morgan fingerprint density at radius 1 is 1.25 bits per heavy atom. The molecule has 1 saturated heterocycles. The summed E-state index contributed by atoms with van der Waals surface area (Å²) >= 11 is 0. The molecule has 2 rings (SSSR count). The van der Waals surface area contributed by atoms with E-state index in [1.807, 2.05) is 0 Å². The Hall–Kier alpha value is -0.120. The van der Waals surface area contributed by atoms with Gasteiger partial charge in [0.15, 0.2) is 0 Å². The predicted octanol–water partition coefficient (Wildman–Crippen LogP) is 2.43. The SMILES string of the molecule is CNC1CCC(C)(C)CC1CN1CCCN(C)CC1C. The molecular formula is C17H35N3. The van der Waals surface area contributed by atoms with E-state index in [-0.39, 0.29) is 0 Å². The van der Waals surface area contributed by atoms with Crippen molar-refractivity contribution in [2.45, 2.75) is 58.5 Å². The van der Waals surface area contributed by atoms with Crippen molar-refractivity contribution in [3.63, 3.8) is 0 Å². The standard InChI is InChI=1S/C17H35N3/c1-14-12-19(5)9-6-10-20(14)13-15-11-17(2,3)8-7-16(15)18-4/h14-16,18H,6-13H2,1-5H3. The minimum Gasteiger partial charge on any atom is -0.317 e. The summed E-state index contributed by atoms with van der Waals surface area (Å²) in [6.07, 6.45) is 5.41. The molecule has 2 fully saturated rings. The Balaban J connectivity index is 1.98. The minimum absolute atomic E-state index is 0.532. The molecule has 0 bridgehead atoms. The summed E-state index contributed by atoms with van der Waals surface area (Å²) in [5.74, 6) is 0.814. The largest absolute Gasteiger partial charge is 0.317 e. The van der Waals surface area contributed by atoms with Gasteiger partial charge in [0.25, 0.3) is 0 Å². The number of likely N-dealkylation sites (N-methyl/N-ethyl adjacent to an activating group) is 1. The topological polar surface area (TPSA) is 18.5 Å². The van der Waals surface area contributed by atoms with Crippen molar-refractivity contribution in [1.82, 2.24) is 15.1 Å². The molecule has 0 amide bonds. The molecule has 3 atom stereocenters. The number of hydrogen-bond donors (Lipinski definition) is 1. The van der Waals surface area contributed by atoms with Crippen LogP contribution in [0.2, 0.25) is 0 Å². The Kier molecular flexibility index (Phi) is 5.49. The smallest absolute Gasteiger partial charge is 0.0194 e. The van der Waals surface area contributed by atoms with Crippen molar-refractivity contribution in [3.05, 3.63) is 0 Å². The third-order valence-corrected chi connectivity index (χ3v) is 5.54. The normalized spacial score (nSPS) is 36.8. The van der Waals surface area contributed by atoms with Crippen LogP contribution in [0.15, 0.2) is 0 Å². The Bertz CT molecular complexity index is 303. The van der Waals surface area contributed by atoms with E-state index in [1.165, 1.54) is 51.9 Å². The van der Waals surface area contributed by atoms with Crippen LogP contribution < -0.4 is 5.32 Å². The molecular weight excluding hydrogens is 246 g/mol. The van der Waals surface area contributed by atoms with E-state index in [9.17, 15) is 0 Å². The highest BCUT2D eigenvalue weighted by Gasteiger charge is 2.35. The first-order valence-corrected chi connectivity index (χ1v) is 8.51. The highest BCUT2D eigenvalue weighted by molar-refractivity contribution is 4.91. The quantitative estimate of drug-likeness (QED) is 0.857. The summed E-state index contributed by atoms with van der Waals surface area (Å²) < 4.78 is 0. The summed E-state index contributed by atoms with van der Waals surface area (Å²) in [7, 11) is 4.41. The van der Waals surface area contributed by atoms with Gasteiger partial charge in [-0.1, -0.05) is 13.8 Å². The van der Waals surface area contributed by atoms with Gasteiger partial charge in [-0.25, -0.2) is 0 Å². The van der Waals surface area contributed by atoms with Crippen LogP contribution in [0, 0.1) is 11.3 Å². The van der Waals surface area contributed by atoms with Gasteiger partial charge in [-0.15, -0.1) is 0 Å². The molecule has 0 aromatic heterocycles. The molecule has 20 heavy (non-hydrogen) atoms. The van der Waals surface area contributed by atoms with Crippen LogP contribution >= 0.6 is 0 Å². The molecule has 3 heteroatoms. The van der Waals surface area contributed by atoms with Gasteiger partial charge in [0.1, 0.15) is 0 Å². The van der Waals surface area contributed by atoms with Crippen molar-refractivity contribution >= 4 is 0 Å². The molecule has 0 spiro atoms. The molecule has 1 aliphatic heterocycles. The third kappa shape index (κ3) is 4.19. The number of hydrogen-bond acceptors (Lipinski definition) is 3. The number of rotatable bonds is 3. The van der Waals surface area contributed by atoms with E-state index < -0.39 is 0 Å². The van der Waals surface area contributed by atoms with E-state index in [0.29, 0.717) is 11.5 Å². The van der Waals surface area contributed by atoms with Gasteiger partial charge >= 0.3 is 0 Å². The van der Waals surface area contributed by atoms with Crippen molar-refractivity contribution in [2.24, 2.45) is 11.3 Å². The summed E-state index contributed by atoms with van der Waals surface area (Å²) in [5, 5.41) is 3.58. The molecule has 3 unspecified atom stereocenters. The minimum atomic E-state index is 0.532. The van der Waals surface area contributed by atoms with Crippen molar-refractivity contribution in [3.8, 4) is 0 Å². The molecule has 0 radical (unpaired) electrons. The van der Waals surface area contributed by atoms with Crippen LogP contribution in [-0.2, 0) is 0 Å². The lowest BCUT2D eigenvalue weighted by atomic mass is 9.69. The van der Waals surface area contributed by atoms with Gasteiger partial charge in [0.05, 0.1) is 0 Å². The van der Waals surface area contributed by atoms with Crippen molar-refractivity contribution in [2.75, 3.05) is 40.3 Å². The highest BCUT2D eigenvalue weighted by Crippen LogP contribution is 2.39. The highest BCUT2D eigenvalue weighted by atomic mass is 15.2. The summed E-state index contributed by atoms with van der Waals surface area (Å²) in [6, 6.07) is 1.42. The second-order valence-electron chi connectivity index (χ2n) is 8.02. The van der Waals surface area contributed by atoms with E-state index in [1.54, 1.807) is 0 Å². The van der Waals surface area contributed by atoms with Crippen LogP contribution in [0.25, 0.3) is 0 Å². The van der Waals surface area contributed by atoms with Crippen LogP contribution in [0.1, 0.15) is 46.5 Å². The molecule has 1 saturated carbocycles. The first-order valence-electron chi connectivity index (χ1n) is 8.51. The van der Waals surface area contributed by atoms with Gasteiger partial charge < -0.3 is 10.2 Å². The zero-order chi connectivity index (χ0) is 14.8. The fourth-order valence-electron chi connectivity index (χ4n) is 4.30. The molecule has 2 aliphatic rings. The average Bonchev–Trinajstić information content (AvgIpc) is 2.51. The predicted molar refractivity (Wildman–Crippen MR) is 87.1 cm³/mol. The second-order valence-corrected chi connectivity index (χ2v) is 8.02. The van der Waals surface area contributed by atoms with Crippen LogP contribution in [0.3, 0.4) is 0 Å². The molecule has 1 aliphatic carbocycles. The van der Waals surface area contributed by atoms with Gasteiger partial charge in [-0.05, 0) is 71.1 Å². The molecule has 1 N–H and O–H groups in total. The van der Waals surface area contributed by atoms with Crippen LogP contribution in [-0.4, -0.2) is 62.2 Å². The summed E-state index contributed by atoms with van der Waals surface area (Å²) in [5.41, 5.74) is 0.532. The van der Waals surface area contributed by atoms with Gasteiger partial charge in [-0.2, -0.15) is 0 Å². The van der Waals surface area contributed by atoms with Crippen molar-refractivity contribution < 1.29 is 0 Å². The number of nitrogens with zero attached hydrogens (tertiary/aromatic N) is 2. The molecule has 0 aromatic carbocycles. The maximum atomic E-state index is 3.58. The van der Waals surface area contributed by atoms with E-state index in [0.717, 1.165) is 12.0 Å². The Labute approximate surface area is 126 Å². The number of nitrogens with one attached hydrogen (secondary N) is 1. The lowest BCUT2D eigenvalue weighted by Crippen LogP contribution is -2.49. The fourth-order valence-corrected chi connectivity index (χ4v) is 4.30. The summed E-state index contributed by atoms with van der Waals surface area (Å²) in [6.45, 7) is 12.3. The fraction of sp³-hybridized carbons (Fsp3) is 1.00. The van der Waals surface area contributed by atoms with Gasteiger partial charge in [0, 0.05) is 25.2 Å². The first-order chi connectivity index (χ1) is 9.41. The van der Waals surface area contributed by atoms with E-state index >= 15 is 0 Å². The monoisotopic (exact) mass is 281 g/mol. The molecule has 3 nitrogen and oxygen atoms in total. The van der Waals surface area contributed by atoms with E-state index in [2.05, 4.69) is 50.0 Å². The Morgan fingerprint density at radius 3 is 2.70 bits per heavy atom. The maximum absolute atomic E-state index is 3.58. The molecule has 0 aromatic rings. The molecule has 118 valence electrons. The average molecular weight is 281 g/mol. The van der Waals surface area contributed by atoms with Crippen molar-refractivity contribution in [1.29, 1.82) is 0 Å². The lowest BCUT2D eigenvalue weighted by Gasteiger charge is -2.43. The zero-order valence-corrected chi connectivity index (χ0v) is 14.3. The zero-order valence-electron chi connectivity index (χ0n) is 14.3. The lowest BCUT2D eigenvalue weighted by molar-refractivity contribution is 0.0877.